The molecular formula is C29H31N3O5. The third-order valence-corrected chi connectivity index (χ3v) is 6.93. The Hall–Kier alpha value is -3.88. The third-order valence-electron chi connectivity index (χ3n) is 6.93. The van der Waals surface area contributed by atoms with Crippen LogP contribution in [0, 0.1) is 0 Å². The lowest BCUT2D eigenvalue weighted by molar-refractivity contribution is -0.118. The summed E-state index contributed by atoms with van der Waals surface area (Å²) in [6.07, 6.45) is 1.55. The standard InChI is InChI=1S/C29H31N3O5/c1-32(2)27(34)20-5-3-19(4-6-20)24-16-23(9-7-21(24)17-30-13-14-33)31-28(35)29(11-12-29)22-8-10-25-26(15-22)37-18-36-25/h3-10,15-16,30,33H,11-14,17-18H2,1-2H3,(H,31,35). The molecule has 1 aliphatic carbocycles. The predicted molar refractivity (Wildman–Crippen MR) is 141 cm³/mol. The molecule has 1 aliphatic heterocycles. The van der Waals surface area contributed by atoms with Gasteiger partial charge < -0.3 is 30.1 Å². The van der Waals surface area contributed by atoms with Gasteiger partial charge in [0.25, 0.3) is 5.91 Å². The molecule has 1 saturated carbocycles. The monoisotopic (exact) mass is 501 g/mol. The molecule has 0 radical (unpaired) electrons. The summed E-state index contributed by atoms with van der Waals surface area (Å²) in [6, 6.07) is 19.0. The van der Waals surface area contributed by atoms with Crippen molar-refractivity contribution in [2.24, 2.45) is 0 Å². The number of ether oxygens (including phenoxy) is 2. The fourth-order valence-electron chi connectivity index (χ4n) is 4.65. The second-order valence-corrected chi connectivity index (χ2v) is 9.65. The average molecular weight is 502 g/mol. The minimum atomic E-state index is -0.573. The summed E-state index contributed by atoms with van der Waals surface area (Å²) in [5.41, 5.74) is 4.57. The fourth-order valence-corrected chi connectivity index (χ4v) is 4.65. The largest absolute Gasteiger partial charge is 0.454 e. The first-order valence-electron chi connectivity index (χ1n) is 12.4. The molecule has 2 amide bonds. The lowest BCUT2D eigenvalue weighted by Gasteiger charge is -2.18. The summed E-state index contributed by atoms with van der Waals surface area (Å²) < 4.78 is 10.9. The van der Waals surface area contributed by atoms with Gasteiger partial charge >= 0.3 is 0 Å². The van der Waals surface area contributed by atoms with Crippen molar-refractivity contribution in [1.29, 1.82) is 0 Å². The lowest BCUT2D eigenvalue weighted by Crippen LogP contribution is -2.27. The maximum Gasteiger partial charge on any atom is 0.253 e. The van der Waals surface area contributed by atoms with Crippen molar-refractivity contribution < 1.29 is 24.2 Å². The molecule has 5 rings (SSSR count). The zero-order valence-electron chi connectivity index (χ0n) is 21.0. The maximum absolute atomic E-state index is 13.5. The summed E-state index contributed by atoms with van der Waals surface area (Å²) in [7, 11) is 3.45. The number of anilines is 1. The predicted octanol–water partition coefficient (Wildman–Crippen LogP) is 3.54. The van der Waals surface area contributed by atoms with Gasteiger partial charge in [-0.25, -0.2) is 0 Å². The quantitative estimate of drug-likeness (QED) is 0.388. The number of rotatable bonds is 9. The van der Waals surface area contributed by atoms with Crippen LogP contribution in [0.1, 0.15) is 34.3 Å². The van der Waals surface area contributed by atoms with E-state index in [1.54, 1.807) is 19.0 Å². The van der Waals surface area contributed by atoms with Gasteiger partial charge in [-0.1, -0.05) is 24.3 Å². The smallest absolute Gasteiger partial charge is 0.253 e. The number of amides is 2. The van der Waals surface area contributed by atoms with E-state index < -0.39 is 5.41 Å². The highest BCUT2D eigenvalue weighted by Crippen LogP contribution is 2.51. The number of nitrogens with one attached hydrogen (secondary N) is 2. The van der Waals surface area contributed by atoms with Crippen LogP contribution in [0.5, 0.6) is 11.5 Å². The molecule has 0 unspecified atom stereocenters. The van der Waals surface area contributed by atoms with E-state index in [9.17, 15) is 9.59 Å². The van der Waals surface area contributed by atoms with E-state index in [2.05, 4.69) is 10.6 Å². The van der Waals surface area contributed by atoms with Crippen molar-refractivity contribution in [2.45, 2.75) is 24.8 Å². The summed E-state index contributed by atoms with van der Waals surface area (Å²) in [6.45, 7) is 1.28. The molecule has 3 aromatic rings. The van der Waals surface area contributed by atoms with Gasteiger partial charge in [-0.15, -0.1) is 0 Å². The number of aliphatic hydroxyl groups excluding tert-OH is 1. The second-order valence-electron chi connectivity index (χ2n) is 9.65. The van der Waals surface area contributed by atoms with Crippen LogP contribution in [-0.4, -0.2) is 55.9 Å². The summed E-state index contributed by atoms with van der Waals surface area (Å²) >= 11 is 0. The topological polar surface area (TPSA) is 100 Å². The van der Waals surface area contributed by atoms with Crippen molar-refractivity contribution in [3.05, 3.63) is 77.4 Å². The van der Waals surface area contributed by atoms with E-state index >= 15 is 0 Å². The Labute approximate surface area is 216 Å². The van der Waals surface area contributed by atoms with Gasteiger partial charge in [0, 0.05) is 38.4 Å². The Morgan fingerprint density at radius 3 is 2.43 bits per heavy atom. The van der Waals surface area contributed by atoms with E-state index in [1.807, 2.05) is 60.7 Å². The molecule has 8 nitrogen and oxygen atoms in total. The number of carbonyl (C=O) groups is 2. The Bertz CT molecular complexity index is 1320. The molecule has 0 spiro atoms. The highest BCUT2D eigenvalue weighted by Gasteiger charge is 2.51. The van der Waals surface area contributed by atoms with Crippen molar-refractivity contribution >= 4 is 17.5 Å². The minimum Gasteiger partial charge on any atom is -0.454 e. The molecule has 0 saturated heterocycles. The minimum absolute atomic E-state index is 0.0459. The van der Waals surface area contributed by atoms with Crippen molar-refractivity contribution in [2.75, 3.05) is 39.4 Å². The molecule has 1 heterocycles. The molecule has 37 heavy (non-hydrogen) atoms. The van der Waals surface area contributed by atoms with Gasteiger partial charge in [0.2, 0.25) is 12.7 Å². The lowest BCUT2D eigenvalue weighted by atomic mass is 9.94. The Kier molecular flexibility index (Phi) is 6.86. The van der Waals surface area contributed by atoms with Crippen molar-refractivity contribution in [1.82, 2.24) is 10.2 Å². The molecular weight excluding hydrogens is 470 g/mol. The summed E-state index contributed by atoms with van der Waals surface area (Å²) in [5, 5.41) is 15.5. The van der Waals surface area contributed by atoms with Crippen molar-refractivity contribution in [3.8, 4) is 22.6 Å². The van der Waals surface area contributed by atoms with E-state index in [-0.39, 0.29) is 25.2 Å². The van der Waals surface area contributed by atoms with Crippen LogP contribution in [0.2, 0.25) is 0 Å². The van der Waals surface area contributed by atoms with E-state index in [0.717, 1.165) is 35.1 Å². The van der Waals surface area contributed by atoms with Crippen LogP contribution in [-0.2, 0) is 16.8 Å². The zero-order chi connectivity index (χ0) is 26.0. The first-order chi connectivity index (χ1) is 17.9. The van der Waals surface area contributed by atoms with Crippen LogP contribution >= 0.6 is 0 Å². The summed E-state index contributed by atoms with van der Waals surface area (Å²) in [4.78, 5) is 27.3. The number of aliphatic hydroxyl groups is 1. The normalized spacial score (nSPS) is 14.8. The highest BCUT2D eigenvalue weighted by molar-refractivity contribution is 6.02. The Morgan fingerprint density at radius 2 is 1.73 bits per heavy atom. The first-order valence-corrected chi connectivity index (χ1v) is 12.4. The fraction of sp³-hybridized carbons (Fsp3) is 0.310. The van der Waals surface area contributed by atoms with Gasteiger partial charge in [0.15, 0.2) is 11.5 Å². The Morgan fingerprint density at radius 1 is 0.973 bits per heavy atom. The second kappa shape index (κ2) is 10.2. The molecule has 0 atom stereocenters. The van der Waals surface area contributed by atoms with Crippen LogP contribution < -0.4 is 20.1 Å². The van der Waals surface area contributed by atoms with E-state index in [1.165, 1.54) is 0 Å². The SMILES string of the molecule is CN(C)C(=O)c1ccc(-c2cc(NC(=O)C3(c4ccc5c(c4)OCO5)CC3)ccc2CNCCO)cc1. The first kappa shape index (κ1) is 24.8. The van der Waals surface area contributed by atoms with Gasteiger partial charge in [-0.05, 0) is 71.5 Å². The summed E-state index contributed by atoms with van der Waals surface area (Å²) in [5.74, 6) is 1.27. The average Bonchev–Trinajstić information content (AvgIpc) is 3.59. The van der Waals surface area contributed by atoms with E-state index in [0.29, 0.717) is 35.8 Å². The van der Waals surface area contributed by atoms with Gasteiger partial charge in [0.05, 0.1) is 12.0 Å². The van der Waals surface area contributed by atoms with Crippen LogP contribution in [0.25, 0.3) is 11.1 Å². The molecule has 0 bridgehead atoms. The Balaban J connectivity index is 1.40. The van der Waals surface area contributed by atoms with Crippen molar-refractivity contribution in [3.63, 3.8) is 0 Å². The number of benzene rings is 3. The number of hydrogen-bond acceptors (Lipinski definition) is 6. The van der Waals surface area contributed by atoms with Crippen LogP contribution in [0.15, 0.2) is 60.7 Å². The number of carbonyl (C=O) groups excluding carboxylic acids is 2. The highest BCUT2D eigenvalue weighted by atomic mass is 16.7. The molecule has 8 heteroatoms. The molecule has 3 aromatic carbocycles. The van der Waals surface area contributed by atoms with E-state index in [4.69, 9.17) is 14.6 Å². The van der Waals surface area contributed by atoms with Gasteiger partial charge in [-0.3, -0.25) is 9.59 Å². The molecule has 3 N–H and O–H groups in total. The van der Waals surface area contributed by atoms with Gasteiger partial charge in [0.1, 0.15) is 0 Å². The molecule has 0 aromatic heterocycles. The number of hydrogen-bond donors (Lipinski definition) is 3. The maximum atomic E-state index is 13.5. The number of nitrogens with zero attached hydrogens (tertiary/aromatic N) is 1. The van der Waals surface area contributed by atoms with Crippen LogP contribution in [0.4, 0.5) is 5.69 Å². The zero-order valence-corrected chi connectivity index (χ0v) is 21.0. The molecule has 2 aliphatic rings. The number of fused-ring (bicyclic) bond motifs is 1. The molecule has 192 valence electrons. The third kappa shape index (κ3) is 5.03. The molecule has 1 fully saturated rings. The van der Waals surface area contributed by atoms with Gasteiger partial charge in [-0.2, -0.15) is 0 Å². The van der Waals surface area contributed by atoms with Crippen LogP contribution in [0.3, 0.4) is 0 Å².